The van der Waals surface area contributed by atoms with Gasteiger partial charge in [-0.3, -0.25) is 14.4 Å². The zero-order chi connectivity index (χ0) is 52.2. The van der Waals surface area contributed by atoms with Gasteiger partial charge in [-0.25, -0.2) is 0 Å². The van der Waals surface area contributed by atoms with Gasteiger partial charge in [0.15, 0.2) is 6.10 Å². The van der Waals surface area contributed by atoms with Crippen LogP contribution in [-0.4, -0.2) is 37.2 Å². The lowest BCUT2D eigenvalue weighted by Gasteiger charge is -2.18. The number of rotatable bonds is 53. The molecule has 0 heterocycles. The van der Waals surface area contributed by atoms with Crippen molar-refractivity contribution < 1.29 is 28.6 Å². The number of allylic oxidation sites excluding steroid dienone is 18. The van der Waals surface area contributed by atoms with Crippen LogP contribution in [0.2, 0.25) is 0 Å². The number of unbranched alkanes of at least 4 members (excludes halogenated alkanes) is 27. The fourth-order valence-corrected chi connectivity index (χ4v) is 8.02. The lowest BCUT2D eigenvalue weighted by atomic mass is 10.1. The normalized spacial score (nSPS) is 12.9. The van der Waals surface area contributed by atoms with E-state index in [2.05, 4.69) is 130 Å². The minimum Gasteiger partial charge on any atom is -0.462 e. The van der Waals surface area contributed by atoms with E-state index < -0.39 is 6.10 Å². The summed E-state index contributed by atoms with van der Waals surface area (Å²) in [4.78, 5) is 38.2. The van der Waals surface area contributed by atoms with Crippen LogP contribution in [0.1, 0.15) is 271 Å². The molecule has 1 atom stereocenters. The number of esters is 3. The molecule has 0 aromatic rings. The van der Waals surface area contributed by atoms with Crippen molar-refractivity contribution in [1.29, 1.82) is 0 Å². The van der Waals surface area contributed by atoms with Crippen molar-refractivity contribution >= 4 is 17.9 Å². The predicted octanol–water partition coefficient (Wildman–Crippen LogP) is 20.3. The van der Waals surface area contributed by atoms with E-state index >= 15 is 0 Å². The first-order chi connectivity index (χ1) is 35.5. The van der Waals surface area contributed by atoms with Crippen molar-refractivity contribution in [2.75, 3.05) is 13.2 Å². The minimum atomic E-state index is -0.815. The number of carbonyl (C=O) groups is 3. The maximum absolute atomic E-state index is 12.9. The van der Waals surface area contributed by atoms with Gasteiger partial charge in [0.25, 0.3) is 0 Å². The van der Waals surface area contributed by atoms with Crippen LogP contribution in [0.3, 0.4) is 0 Å². The first kappa shape index (κ1) is 68.1. The van der Waals surface area contributed by atoms with Crippen LogP contribution < -0.4 is 0 Å². The molecule has 0 bridgehead atoms. The molecule has 0 aliphatic carbocycles. The van der Waals surface area contributed by atoms with Crippen molar-refractivity contribution in [2.24, 2.45) is 0 Å². The SMILES string of the molecule is CCCCC/C=C\C=C/CCCCCCCCCCCCC(=O)OCC(COC(=O)CCC/C=C\C/C=C\C/C=C\C/C=C\CCCCC)OC(=O)CCCCCCC\C=C/C=C\C=C/CCCCCCC. The standard InChI is InChI=1S/C66H110O6/c1-4-7-10-13-16-19-22-25-28-31-33-36-38-41-44-47-50-53-56-59-65(68)71-62-63(61-70-64(67)58-55-52-49-46-43-40-37-34-30-27-24-21-18-15-12-9-6-3)72-66(69)60-57-54-51-48-45-42-39-35-32-29-26-23-20-17-14-11-8-5-2/h16,18-19,21-23,25-27,29-30,32,35,37,39-40,46,49,63H,4-15,17,20,24,28,31,33-34,36,38,41-45,47-48,50-62H2,1-3H3/b19-16-,21-18-,25-22-,26-23-,30-27-,32-29-,39-35-,40-37-,49-46-. The van der Waals surface area contributed by atoms with Gasteiger partial charge >= 0.3 is 17.9 Å². The summed E-state index contributed by atoms with van der Waals surface area (Å²) in [7, 11) is 0. The van der Waals surface area contributed by atoms with E-state index in [1.165, 1.54) is 135 Å². The van der Waals surface area contributed by atoms with E-state index in [0.717, 1.165) is 89.9 Å². The highest BCUT2D eigenvalue weighted by molar-refractivity contribution is 5.71. The van der Waals surface area contributed by atoms with Gasteiger partial charge in [-0.05, 0) is 109 Å². The average molecular weight is 1000 g/mol. The Kier molecular flexibility index (Phi) is 56.4. The molecule has 0 N–H and O–H groups in total. The van der Waals surface area contributed by atoms with Crippen molar-refractivity contribution in [3.8, 4) is 0 Å². The van der Waals surface area contributed by atoms with Crippen molar-refractivity contribution in [2.45, 2.75) is 277 Å². The highest BCUT2D eigenvalue weighted by Crippen LogP contribution is 2.14. The molecule has 0 rings (SSSR count). The number of carbonyl (C=O) groups excluding carboxylic acids is 3. The quantitative estimate of drug-likeness (QED) is 0.0199. The Hall–Kier alpha value is -3.93. The summed E-state index contributed by atoms with van der Waals surface area (Å²) in [6, 6.07) is 0. The molecule has 0 amide bonds. The van der Waals surface area contributed by atoms with Gasteiger partial charge in [-0.15, -0.1) is 0 Å². The van der Waals surface area contributed by atoms with E-state index in [1.54, 1.807) is 0 Å². The van der Waals surface area contributed by atoms with E-state index in [0.29, 0.717) is 19.3 Å². The predicted molar refractivity (Wildman–Crippen MR) is 311 cm³/mol. The molecule has 0 aromatic heterocycles. The van der Waals surface area contributed by atoms with Crippen LogP contribution in [0.15, 0.2) is 109 Å². The fourth-order valence-electron chi connectivity index (χ4n) is 8.02. The van der Waals surface area contributed by atoms with Crippen LogP contribution in [0, 0.1) is 0 Å². The second kappa shape index (κ2) is 59.6. The highest BCUT2D eigenvalue weighted by atomic mass is 16.6. The third-order valence-electron chi connectivity index (χ3n) is 12.6. The molecule has 410 valence electrons. The molecule has 0 aliphatic rings. The summed E-state index contributed by atoms with van der Waals surface area (Å²) in [6.07, 6.45) is 80.8. The van der Waals surface area contributed by atoms with Crippen LogP contribution in [0.4, 0.5) is 0 Å². The third-order valence-corrected chi connectivity index (χ3v) is 12.6. The summed E-state index contributed by atoms with van der Waals surface area (Å²) in [5, 5.41) is 0. The van der Waals surface area contributed by atoms with Gasteiger partial charge in [0.2, 0.25) is 0 Å². The fraction of sp³-hybridized carbons (Fsp3) is 0.682. The lowest BCUT2D eigenvalue weighted by Crippen LogP contribution is -2.30. The summed E-state index contributed by atoms with van der Waals surface area (Å²) < 4.78 is 16.8. The monoisotopic (exact) mass is 999 g/mol. The number of ether oxygens (including phenoxy) is 3. The molecule has 0 saturated heterocycles. The molecule has 0 aromatic carbocycles. The first-order valence-corrected chi connectivity index (χ1v) is 29.9. The Morgan fingerprint density at radius 1 is 0.292 bits per heavy atom. The highest BCUT2D eigenvalue weighted by Gasteiger charge is 2.19. The molecule has 0 fully saturated rings. The summed E-state index contributed by atoms with van der Waals surface area (Å²) in [5.41, 5.74) is 0. The van der Waals surface area contributed by atoms with Gasteiger partial charge in [-0.2, -0.15) is 0 Å². The molecule has 0 radical (unpaired) electrons. The maximum atomic E-state index is 12.9. The zero-order valence-corrected chi connectivity index (χ0v) is 46.9. The Labute approximate surface area is 444 Å². The van der Waals surface area contributed by atoms with Crippen LogP contribution >= 0.6 is 0 Å². The lowest BCUT2D eigenvalue weighted by molar-refractivity contribution is -0.167. The van der Waals surface area contributed by atoms with Gasteiger partial charge in [0.05, 0.1) is 0 Å². The molecule has 0 aliphatic heterocycles. The average Bonchev–Trinajstić information content (AvgIpc) is 3.38. The van der Waals surface area contributed by atoms with Crippen LogP contribution in [0.5, 0.6) is 0 Å². The van der Waals surface area contributed by atoms with Crippen LogP contribution in [-0.2, 0) is 28.6 Å². The summed E-state index contributed by atoms with van der Waals surface area (Å²) in [6.45, 7) is 6.51. The molecular weight excluding hydrogens is 889 g/mol. The Balaban J connectivity index is 4.52. The topological polar surface area (TPSA) is 78.9 Å². The number of hydrogen-bond acceptors (Lipinski definition) is 6. The number of hydrogen-bond donors (Lipinski definition) is 0. The second-order valence-corrected chi connectivity index (χ2v) is 19.6. The maximum Gasteiger partial charge on any atom is 0.306 e. The van der Waals surface area contributed by atoms with Crippen molar-refractivity contribution in [3.05, 3.63) is 109 Å². The first-order valence-electron chi connectivity index (χ1n) is 29.9. The summed E-state index contributed by atoms with van der Waals surface area (Å²) in [5.74, 6) is -0.985. The molecule has 1 unspecified atom stereocenters. The van der Waals surface area contributed by atoms with Crippen molar-refractivity contribution in [1.82, 2.24) is 0 Å². The van der Waals surface area contributed by atoms with Gasteiger partial charge in [-0.1, -0.05) is 252 Å². The molecular formula is C66H110O6. The molecule has 72 heavy (non-hydrogen) atoms. The Morgan fingerprint density at radius 2 is 0.569 bits per heavy atom. The van der Waals surface area contributed by atoms with E-state index in [-0.39, 0.29) is 37.5 Å². The van der Waals surface area contributed by atoms with Gasteiger partial charge < -0.3 is 14.2 Å². The van der Waals surface area contributed by atoms with E-state index in [1.807, 2.05) is 0 Å². The van der Waals surface area contributed by atoms with Crippen LogP contribution in [0.25, 0.3) is 0 Å². The molecule has 6 nitrogen and oxygen atoms in total. The Bertz CT molecular complexity index is 1470. The van der Waals surface area contributed by atoms with Gasteiger partial charge in [0, 0.05) is 19.3 Å². The Morgan fingerprint density at radius 3 is 0.986 bits per heavy atom. The molecule has 6 heteroatoms. The smallest absolute Gasteiger partial charge is 0.306 e. The van der Waals surface area contributed by atoms with E-state index in [9.17, 15) is 14.4 Å². The third kappa shape index (κ3) is 57.0. The molecule has 0 saturated carbocycles. The summed E-state index contributed by atoms with van der Waals surface area (Å²) >= 11 is 0. The van der Waals surface area contributed by atoms with Gasteiger partial charge in [0.1, 0.15) is 13.2 Å². The second-order valence-electron chi connectivity index (χ2n) is 19.6. The van der Waals surface area contributed by atoms with E-state index in [4.69, 9.17) is 14.2 Å². The molecule has 0 spiro atoms. The minimum absolute atomic E-state index is 0.106. The van der Waals surface area contributed by atoms with Crippen molar-refractivity contribution in [3.63, 3.8) is 0 Å². The largest absolute Gasteiger partial charge is 0.462 e. The zero-order valence-electron chi connectivity index (χ0n) is 46.9.